The lowest BCUT2D eigenvalue weighted by molar-refractivity contribution is 0.602. The average Bonchev–Trinajstić information content (AvgIpc) is 2.16. The monoisotopic (exact) mass is 226 g/mol. The Bertz CT molecular complexity index is 478. The van der Waals surface area contributed by atoms with Crippen LogP contribution in [0.2, 0.25) is 0 Å². The van der Waals surface area contributed by atoms with Crippen molar-refractivity contribution in [3.05, 3.63) is 18.1 Å². The van der Waals surface area contributed by atoms with Crippen LogP contribution in [-0.2, 0) is 9.84 Å². The Kier molecular flexibility index (Phi) is 3.57. The second-order valence-corrected chi connectivity index (χ2v) is 5.18. The molecule has 0 bridgehead atoms. The van der Waals surface area contributed by atoms with Crippen LogP contribution >= 0.6 is 0 Å². The molecule has 0 saturated carbocycles. The molecule has 0 unspecified atom stereocenters. The molecule has 0 amide bonds. The normalized spacial score (nSPS) is 10.7. The molecular weight excluding hydrogens is 216 g/mol. The molecule has 0 spiro atoms. The lowest BCUT2D eigenvalue weighted by Crippen LogP contribution is -2.15. The van der Waals surface area contributed by atoms with Crippen molar-refractivity contribution in [1.82, 2.24) is 9.97 Å². The van der Waals surface area contributed by atoms with Gasteiger partial charge in [-0.2, -0.15) is 5.26 Å². The first-order valence-electron chi connectivity index (χ1n) is 4.15. The molecule has 7 heteroatoms. The Hall–Kier alpha value is -1.68. The van der Waals surface area contributed by atoms with Gasteiger partial charge in [0.25, 0.3) is 0 Å². The Morgan fingerprint density at radius 1 is 1.47 bits per heavy atom. The molecule has 1 N–H and O–H groups in total. The van der Waals surface area contributed by atoms with Gasteiger partial charge in [-0.15, -0.1) is 0 Å². The fourth-order valence-electron chi connectivity index (χ4n) is 0.904. The summed E-state index contributed by atoms with van der Waals surface area (Å²) in [5.74, 6) is 0.303. The minimum Gasteiger partial charge on any atom is -0.367 e. The number of nitriles is 1. The molecule has 6 nitrogen and oxygen atoms in total. The van der Waals surface area contributed by atoms with Gasteiger partial charge in [-0.1, -0.05) is 0 Å². The topological polar surface area (TPSA) is 95.7 Å². The lowest BCUT2D eigenvalue weighted by Gasteiger charge is -2.04. The highest BCUT2D eigenvalue weighted by Crippen LogP contribution is 2.05. The minimum absolute atomic E-state index is 0.00551. The van der Waals surface area contributed by atoms with Gasteiger partial charge in [0.2, 0.25) is 0 Å². The summed E-state index contributed by atoms with van der Waals surface area (Å²) in [6.45, 7) is 0.214. The van der Waals surface area contributed by atoms with E-state index in [1.807, 2.05) is 6.07 Å². The second-order valence-electron chi connectivity index (χ2n) is 2.92. The van der Waals surface area contributed by atoms with Crippen molar-refractivity contribution in [2.24, 2.45) is 0 Å². The third kappa shape index (κ3) is 3.91. The van der Waals surface area contributed by atoms with E-state index in [1.165, 1.54) is 12.4 Å². The quantitative estimate of drug-likeness (QED) is 0.764. The summed E-state index contributed by atoms with van der Waals surface area (Å²) in [7, 11) is -3.01. The molecule has 0 saturated heterocycles. The van der Waals surface area contributed by atoms with Crippen molar-refractivity contribution in [2.75, 3.05) is 23.9 Å². The lowest BCUT2D eigenvalue weighted by atomic mass is 10.4. The van der Waals surface area contributed by atoms with Gasteiger partial charge in [-0.25, -0.2) is 18.4 Å². The molecule has 1 aromatic heterocycles. The van der Waals surface area contributed by atoms with Crippen LogP contribution in [-0.4, -0.2) is 36.9 Å². The molecule has 1 aromatic rings. The summed E-state index contributed by atoms with van der Waals surface area (Å²) in [4.78, 5) is 7.65. The van der Waals surface area contributed by atoms with E-state index < -0.39 is 9.84 Å². The summed E-state index contributed by atoms with van der Waals surface area (Å²) in [5.41, 5.74) is 0.158. The SMILES string of the molecule is CS(=O)(=O)CCNc1nccnc1C#N. The predicted molar refractivity (Wildman–Crippen MR) is 54.9 cm³/mol. The van der Waals surface area contributed by atoms with Gasteiger partial charge >= 0.3 is 0 Å². The smallest absolute Gasteiger partial charge is 0.182 e. The van der Waals surface area contributed by atoms with Gasteiger partial charge in [0.15, 0.2) is 11.5 Å². The summed E-state index contributed by atoms with van der Waals surface area (Å²) in [6, 6.07) is 1.86. The van der Waals surface area contributed by atoms with Crippen molar-refractivity contribution < 1.29 is 8.42 Å². The van der Waals surface area contributed by atoms with Gasteiger partial charge in [0, 0.05) is 25.2 Å². The van der Waals surface area contributed by atoms with Crippen LogP contribution in [0.4, 0.5) is 5.82 Å². The number of aromatic nitrogens is 2. The largest absolute Gasteiger partial charge is 0.367 e. The summed E-state index contributed by atoms with van der Waals surface area (Å²) in [5, 5.41) is 11.4. The first-order chi connectivity index (χ1) is 7.03. The fourth-order valence-corrected chi connectivity index (χ4v) is 1.38. The standard InChI is InChI=1S/C8H10N4O2S/c1-15(13,14)5-4-12-8-7(6-9)10-2-3-11-8/h2-3H,4-5H2,1H3,(H,11,12). The van der Waals surface area contributed by atoms with Crippen molar-refractivity contribution in [3.8, 4) is 6.07 Å². The van der Waals surface area contributed by atoms with Crippen molar-refractivity contribution in [2.45, 2.75) is 0 Å². The molecule has 0 aliphatic heterocycles. The van der Waals surface area contributed by atoms with Crippen LogP contribution < -0.4 is 5.32 Å². The first kappa shape index (κ1) is 11.4. The maximum Gasteiger partial charge on any atom is 0.182 e. The van der Waals surface area contributed by atoms with Gasteiger partial charge in [-0.3, -0.25) is 0 Å². The number of nitrogens with zero attached hydrogens (tertiary/aromatic N) is 3. The minimum atomic E-state index is -3.01. The summed E-state index contributed by atoms with van der Waals surface area (Å²) in [6.07, 6.45) is 3.99. The average molecular weight is 226 g/mol. The molecule has 0 fully saturated rings. The zero-order valence-corrected chi connectivity index (χ0v) is 8.95. The number of hydrogen-bond donors (Lipinski definition) is 1. The second kappa shape index (κ2) is 4.70. The zero-order chi connectivity index (χ0) is 11.3. The van der Waals surface area contributed by atoms with Crippen molar-refractivity contribution in [3.63, 3.8) is 0 Å². The summed E-state index contributed by atoms with van der Waals surface area (Å²) < 4.78 is 21.7. The zero-order valence-electron chi connectivity index (χ0n) is 8.14. The number of nitrogens with one attached hydrogen (secondary N) is 1. The van der Waals surface area contributed by atoms with Crippen LogP contribution in [0.25, 0.3) is 0 Å². The van der Waals surface area contributed by atoms with Crippen molar-refractivity contribution >= 4 is 15.7 Å². The van der Waals surface area contributed by atoms with Crippen LogP contribution in [0.5, 0.6) is 0 Å². The summed E-state index contributed by atoms with van der Waals surface area (Å²) >= 11 is 0. The third-order valence-electron chi connectivity index (χ3n) is 1.57. The van der Waals surface area contributed by atoms with Gasteiger partial charge in [-0.05, 0) is 0 Å². The number of rotatable bonds is 4. The van der Waals surface area contributed by atoms with Crippen molar-refractivity contribution in [1.29, 1.82) is 5.26 Å². The Labute approximate surface area is 87.9 Å². The Morgan fingerprint density at radius 2 is 2.13 bits per heavy atom. The molecule has 1 rings (SSSR count). The molecule has 0 aliphatic carbocycles. The molecule has 0 aliphatic rings. The van der Waals surface area contributed by atoms with Gasteiger partial charge in [0.05, 0.1) is 5.75 Å². The predicted octanol–water partition coefficient (Wildman–Crippen LogP) is -0.195. The van der Waals surface area contributed by atoms with E-state index in [-0.39, 0.29) is 18.0 Å². The molecule has 80 valence electrons. The van der Waals surface area contributed by atoms with E-state index >= 15 is 0 Å². The highest BCUT2D eigenvalue weighted by Gasteiger charge is 2.05. The highest BCUT2D eigenvalue weighted by molar-refractivity contribution is 7.90. The van der Waals surface area contributed by atoms with Crippen LogP contribution in [0, 0.1) is 11.3 Å². The first-order valence-corrected chi connectivity index (χ1v) is 6.21. The van der Waals surface area contributed by atoms with E-state index in [0.717, 1.165) is 6.26 Å². The molecule has 15 heavy (non-hydrogen) atoms. The maximum absolute atomic E-state index is 10.8. The van der Waals surface area contributed by atoms with E-state index in [0.29, 0.717) is 5.82 Å². The van der Waals surface area contributed by atoms with Crippen LogP contribution in [0.1, 0.15) is 5.69 Å². The fraction of sp³-hybridized carbons (Fsp3) is 0.375. The molecule has 0 radical (unpaired) electrons. The van der Waals surface area contributed by atoms with E-state index in [2.05, 4.69) is 15.3 Å². The molecule has 1 heterocycles. The molecule has 0 aromatic carbocycles. The molecule has 0 atom stereocenters. The van der Waals surface area contributed by atoms with Crippen LogP contribution in [0.15, 0.2) is 12.4 Å². The van der Waals surface area contributed by atoms with E-state index in [1.54, 1.807) is 0 Å². The third-order valence-corrected chi connectivity index (χ3v) is 2.52. The number of hydrogen-bond acceptors (Lipinski definition) is 6. The number of anilines is 1. The van der Waals surface area contributed by atoms with E-state index in [4.69, 9.17) is 5.26 Å². The van der Waals surface area contributed by atoms with E-state index in [9.17, 15) is 8.42 Å². The Morgan fingerprint density at radius 3 is 2.73 bits per heavy atom. The highest BCUT2D eigenvalue weighted by atomic mass is 32.2. The van der Waals surface area contributed by atoms with Gasteiger partial charge < -0.3 is 5.32 Å². The van der Waals surface area contributed by atoms with Gasteiger partial charge in [0.1, 0.15) is 15.9 Å². The number of sulfone groups is 1. The maximum atomic E-state index is 10.8. The Balaban J connectivity index is 2.63. The van der Waals surface area contributed by atoms with Crippen LogP contribution in [0.3, 0.4) is 0 Å². The molecular formula is C8H10N4O2S.